The zero-order valence-corrected chi connectivity index (χ0v) is 71.4. The number of benzene rings is 19. The first-order valence-electron chi connectivity index (χ1n) is 44.7. The predicted octanol–water partition coefficient (Wildman–Crippen LogP) is 32.9. The van der Waals surface area contributed by atoms with Crippen molar-refractivity contribution in [3.8, 4) is 101 Å². The first-order chi connectivity index (χ1) is 63.0. The fourth-order valence-corrected chi connectivity index (χ4v) is 22.9. The second-order valence-electron chi connectivity index (χ2n) is 36.0. The molecular formula is C124H86N2O2. The number of anilines is 6. The van der Waals surface area contributed by atoms with Crippen LogP contribution < -0.4 is 9.80 Å². The predicted molar refractivity (Wildman–Crippen MR) is 530 cm³/mol. The average molecular weight is 1640 g/mol. The molecule has 4 heteroatoms. The molecule has 0 saturated heterocycles. The lowest BCUT2D eigenvalue weighted by molar-refractivity contribution is 0.563. The van der Waals surface area contributed by atoms with Crippen molar-refractivity contribution in [3.63, 3.8) is 0 Å². The van der Waals surface area contributed by atoms with Gasteiger partial charge in [0.05, 0.1) is 16.5 Å². The second kappa shape index (κ2) is 28.8. The lowest BCUT2D eigenvalue weighted by atomic mass is 9.55. The molecule has 25 rings (SSSR count). The molecule has 4 aliphatic carbocycles. The van der Waals surface area contributed by atoms with E-state index in [-0.39, 0.29) is 5.41 Å². The van der Waals surface area contributed by atoms with E-state index in [1.54, 1.807) is 0 Å². The Labute approximate surface area is 745 Å². The molecule has 0 radical (unpaired) electrons. The Morgan fingerprint density at radius 3 is 1.16 bits per heavy atom. The Balaban J connectivity index is 0.604. The van der Waals surface area contributed by atoms with Crippen molar-refractivity contribution in [2.24, 2.45) is 0 Å². The molecule has 0 aliphatic heterocycles. The van der Waals surface area contributed by atoms with Gasteiger partial charge >= 0.3 is 0 Å². The summed E-state index contributed by atoms with van der Waals surface area (Å²) in [5.74, 6) is 1.67. The Kier molecular flexibility index (Phi) is 16.8. The van der Waals surface area contributed by atoms with Crippen LogP contribution in [0.15, 0.2) is 458 Å². The number of rotatable bonds is 13. The molecule has 0 fully saturated rings. The summed E-state index contributed by atoms with van der Waals surface area (Å²) in [6, 6.07) is 167. The topological polar surface area (TPSA) is 32.8 Å². The minimum atomic E-state index is -0.682. The van der Waals surface area contributed by atoms with Crippen LogP contribution in [0.4, 0.5) is 34.1 Å². The molecule has 4 nitrogen and oxygen atoms in total. The molecule has 2 spiro atoms. The van der Waals surface area contributed by atoms with E-state index in [1.807, 2.05) is 0 Å². The number of fused-ring (bicyclic) bond motifs is 21. The number of hydrogen-bond donors (Lipinski definition) is 0. The maximum absolute atomic E-state index is 7.22. The fourth-order valence-electron chi connectivity index (χ4n) is 22.9. The van der Waals surface area contributed by atoms with Crippen LogP contribution in [-0.2, 0) is 21.7 Å². The number of para-hydroxylation sites is 4. The van der Waals surface area contributed by atoms with E-state index < -0.39 is 16.2 Å². The summed E-state index contributed by atoms with van der Waals surface area (Å²) < 4.78 is 14.0. The largest absolute Gasteiger partial charge is 0.455 e. The Bertz CT molecular complexity index is 8030. The van der Waals surface area contributed by atoms with E-state index >= 15 is 0 Å². The molecule has 2 aromatic heterocycles. The van der Waals surface area contributed by atoms with Crippen molar-refractivity contribution < 1.29 is 8.83 Å². The van der Waals surface area contributed by atoms with Gasteiger partial charge in [-0.1, -0.05) is 367 Å². The molecule has 128 heavy (non-hydrogen) atoms. The third-order valence-electron chi connectivity index (χ3n) is 28.6. The van der Waals surface area contributed by atoms with Crippen molar-refractivity contribution in [1.29, 1.82) is 0 Å². The highest BCUT2D eigenvalue weighted by molar-refractivity contribution is 6.06. The molecule has 4 aliphatic rings. The minimum absolute atomic E-state index is 0.227. The molecule has 0 amide bonds. The zero-order valence-electron chi connectivity index (χ0n) is 71.4. The van der Waals surface area contributed by atoms with Crippen LogP contribution in [0, 0.1) is 0 Å². The van der Waals surface area contributed by atoms with Gasteiger partial charge in [-0.3, -0.25) is 0 Å². The van der Waals surface area contributed by atoms with Crippen molar-refractivity contribution in [2.45, 2.75) is 49.4 Å². The van der Waals surface area contributed by atoms with Crippen LogP contribution in [0.3, 0.4) is 0 Å². The Hall–Kier alpha value is -15.9. The number of nitrogens with zero attached hydrogens (tertiary/aromatic N) is 2. The highest BCUT2D eigenvalue weighted by Crippen LogP contribution is 2.66. The standard InChI is InChI=1S/C124H86N2O2/c1-121(2)104-51-20-23-54-107(104)123(108-55-24-21-52-105(108)121)102-49-18-14-45-97(102)99-72-70-92(78-112(99)123)125(89-66-60-80(61-67-89)94-48-31-35-79-32-11-12-42-93(79)94)90-68-62-82(63-69-90)120-117(100-46-16-27-58-115(100)128-120)86-37-29-36-83(74-86)84-65-73-110-113(76-84)122(3,4)106-53-22-25-56-109(106)124(110)103-50-19-13-44-96(103)98-71-64-85(77-111(98)124)95-43-15-26-57-114(95)126(88-39-9-6-10-40-88)91-41-30-38-87(75-91)118-101-47-17-28-59-116(101)127-119(118)81-33-7-5-8-34-81/h5-78H,1-4H3. The van der Waals surface area contributed by atoms with Crippen molar-refractivity contribution in [2.75, 3.05) is 9.80 Å². The Morgan fingerprint density at radius 2 is 0.547 bits per heavy atom. The van der Waals surface area contributed by atoms with Crippen molar-refractivity contribution >= 4 is 66.8 Å². The SMILES string of the molecule is CC1(C)c2ccccc2C2(c3ccccc3-c3ccc(-c4ccccc4N(c4ccccc4)c4cccc(-c5c(-c6ccccc6)oc6ccccc56)c4)cc32)c2ccc(-c3cccc(-c4c(-c5ccc(N(c6ccc(-c7cccc8ccccc78)cc6)c6ccc7c(c6)C6(c8ccccc8-7)c7ccccc7C(C)(C)c7ccccc76)cc5)oc5ccccc45)c3)cc21. The van der Waals surface area contributed by atoms with Crippen LogP contribution in [0.2, 0.25) is 0 Å². The lowest BCUT2D eigenvalue weighted by Gasteiger charge is -2.47. The molecule has 0 bridgehead atoms. The summed E-state index contributed by atoms with van der Waals surface area (Å²) in [6.07, 6.45) is 0. The summed E-state index contributed by atoms with van der Waals surface area (Å²) in [6.45, 7) is 9.67. The molecule has 21 aromatic rings. The highest BCUT2D eigenvalue weighted by atomic mass is 16.3. The summed E-state index contributed by atoms with van der Waals surface area (Å²) in [5.41, 5.74) is 40.1. The van der Waals surface area contributed by atoms with Gasteiger partial charge < -0.3 is 18.6 Å². The molecule has 604 valence electrons. The van der Waals surface area contributed by atoms with Crippen LogP contribution >= 0.6 is 0 Å². The van der Waals surface area contributed by atoms with Gasteiger partial charge in [-0.2, -0.15) is 0 Å². The summed E-state index contributed by atoms with van der Waals surface area (Å²) in [7, 11) is 0. The molecule has 0 saturated carbocycles. The lowest BCUT2D eigenvalue weighted by Crippen LogP contribution is -2.40. The first-order valence-corrected chi connectivity index (χ1v) is 44.7. The minimum Gasteiger partial charge on any atom is -0.455 e. The van der Waals surface area contributed by atoms with Gasteiger partial charge in [0.1, 0.15) is 22.7 Å². The van der Waals surface area contributed by atoms with Gasteiger partial charge in [0, 0.05) is 77.9 Å². The number of furan rings is 2. The smallest absolute Gasteiger partial charge is 0.143 e. The van der Waals surface area contributed by atoms with Gasteiger partial charge in [0.15, 0.2) is 0 Å². The molecule has 2 heterocycles. The third kappa shape index (κ3) is 11.1. The highest BCUT2D eigenvalue weighted by Gasteiger charge is 2.56. The van der Waals surface area contributed by atoms with Crippen LogP contribution in [0.1, 0.15) is 94.5 Å². The van der Waals surface area contributed by atoms with E-state index in [2.05, 4.69) is 486 Å². The second-order valence-corrected chi connectivity index (χ2v) is 36.0. The molecule has 0 N–H and O–H groups in total. The van der Waals surface area contributed by atoms with Gasteiger partial charge in [0.25, 0.3) is 0 Å². The van der Waals surface area contributed by atoms with Gasteiger partial charge in [-0.05, 0) is 248 Å². The third-order valence-corrected chi connectivity index (χ3v) is 28.6. The van der Waals surface area contributed by atoms with E-state index in [1.165, 1.54) is 111 Å². The van der Waals surface area contributed by atoms with Gasteiger partial charge in [0.2, 0.25) is 0 Å². The molecule has 1 unspecified atom stereocenters. The first kappa shape index (κ1) is 74.7. The molecule has 1 atom stereocenters. The summed E-state index contributed by atoms with van der Waals surface area (Å²) in [5, 5.41) is 4.59. The van der Waals surface area contributed by atoms with Crippen molar-refractivity contribution in [1.82, 2.24) is 0 Å². The quantitative estimate of drug-likeness (QED) is 0.115. The van der Waals surface area contributed by atoms with E-state index in [0.717, 1.165) is 123 Å². The van der Waals surface area contributed by atoms with Crippen molar-refractivity contribution in [3.05, 3.63) is 516 Å². The van der Waals surface area contributed by atoms with E-state index in [0.29, 0.717) is 0 Å². The Morgan fingerprint density at radius 1 is 0.188 bits per heavy atom. The van der Waals surface area contributed by atoms with E-state index in [9.17, 15) is 0 Å². The van der Waals surface area contributed by atoms with Gasteiger partial charge in [-0.15, -0.1) is 0 Å². The van der Waals surface area contributed by atoms with Gasteiger partial charge in [-0.25, -0.2) is 0 Å². The normalized spacial score (nSPS) is 14.8. The van der Waals surface area contributed by atoms with Crippen LogP contribution in [0.5, 0.6) is 0 Å². The fraction of sp³-hybridized carbons (Fsp3) is 0.0645. The van der Waals surface area contributed by atoms with Crippen LogP contribution in [-0.4, -0.2) is 0 Å². The van der Waals surface area contributed by atoms with E-state index in [4.69, 9.17) is 8.83 Å². The summed E-state index contributed by atoms with van der Waals surface area (Å²) >= 11 is 0. The van der Waals surface area contributed by atoms with Crippen LogP contribution in [0.25, 0.3) is 133 Å². The summed E-state index contributed by atoms with van der Waals surface area (Å²) in [4.78, 5) is 4.89. The maximum atomic E-state index is 7.22. The molecule has 19 aromatic carbocycles. The molecular weight excluding hydrogens is 1550 g/mol. The zero-order chi connectivity index (χ0) is 85.1. The maximum Gasteiger partial charge on any atom is 0.143 e. The monoisotopic (exact) mass is 1630 g/mol. The number of hydrogen-bond acceptors (Lipinski definition) is 4. The average Bonchev–Trinajstić information content (AvgIpc) is 1.46.